The lowest BCUT2D eigenvalue weighted by Gasteiger charge is -2.29. The van der Waals surface area contributed by atoms with Crippen LogP contribution in [0.4, 0.5) is 33.4 Å². The van der Waals surface area contributed by atoms with E-state index in [1.54, 1.807) is 66.9 Å². The van der Waals surface area contributed by atoms with Gasteiger partial charge in [-0.05, 0) is 53.4 Å². The zero-order valence-electron chi connectivity index (χ0n) is 31.5. The van der Waals surface area contributed by atoms with Crippen molar-refractivity contribution in [2.75, 3.05) is 42.0 Å². The molecule has 0 fully saturated rings. The average Bonchev–Trinajstić information content (AvgIpc) is 3.13. The summed E-state index contributed by atoms with van der Waals surface area (Å²) in [6.45, 7) is 5.61. The molecule has 4 aromatic carbocycles. The highest BCUT2D eigenvalue weighted by atomic mass is 32.2. The number of carbonyl (C=O) groups excluding carboxylic acids is 2. The minimum absolute atomic E-state index is 0.0967. The van der Waals surface area contributed by atoms with Gasteiger partial charge in [-0.15, -0.1) is 0 Å². The number of hydrogen-bond acceptors (Lipinski definition) is 11. The van der Waals surface area contributed by atoms with Gasteiger partial charge in [0.15, 0.2) is 5.75 Å². The van der Waals surface area contributed by atoms with Gasteiger partial charge in [-0.25, -0.2) is 18.2 Å². The number of sulfonamides is 1. The van der Waals surface area contributed by atoms with E-state index >= 15 is 0 Å². The zero-order valence-corrected chi connectivity index (χ0v) is 32.4. The number of methoxy groups -OCH3 is 2. The normalized spacial score (nSPS) is 12.0. The number of nitrogens with two attached hydrogens (primary N) is 2. The third kappa shape index (κ3) is 9.37. The Morgan fingerprint density at radius 1 is 0.911 bits per heavy atom. The number of nitrogens with zero attached hydrogens (tertiary/aromatic N) is 2. The first-order valence-electron chi connectivity index (χ1n) is 17.1. The second kappa shape index (κ2) is 16.4. The summed E-state index contributed by atoms with van der Waals surface area (Å²) in [7, 11) is -0.957. The number of benzene rings is 4. The Morgan fingerprint density at radius 2 is 1.62 bits per heavy atom. The first-order valence-corrected chi connectivity index (χ1v) is 19.0. The van der Waals surface area contributed by atoms with Crippen LogP contribution in [0.25, 0.3) is 10.8 Å². The molecule has 17 heteroatoms. The summed E-state index contributed by atoms with van der Waals surface area (Å²) in [5.74, 6) is -0.205. The predicted octanol–water partition coefficient (Wildman–Crippen LogP) is 5.82. The summed E-state index contributed by atoms with van der Waals surface area (Å²) < 4.78 is 44.7. The van der Waals surface area contributed by atoms with Gasteiger partial charge in [0.2, 0.25) is 10.0 Å². The number of carboxylic acids is 1. The molecule has 5 rings (SSSR count). The second-order valence-corrected chi connectivity index (χ2v) is 15.4. The molecule has 294 valence electrons. The van der Waals surface area contributed by atoms with E-state index < -0.39 is 39.4 Å². The topological polar surface area (TPSA) is 238 Å². The number of urea groups is 1. The molecule has 5 aromatic rings. The summed E-state index contributed by atoms with van der Waals surface area (Å²) in [4.78, 5) is 42.7. The molecule has 0 saturated carbocycles. The number of aromatic nitrogens is 1. The average molecular weight is 786 g/mol. The van der Waals surface area contributed by atoms with Crippen LogP contribution in [0, 0.1) is 0 Å². The molecule has 0 spiro atoms. The molecule has 0 aliphatic heterocycles. The van der Waals surface area contributed by atoms with Crippen LogP contribution in [0.3, 0.4) is 0 Å². The van der Waals surface area contributed by atoms with E-state index in [2.05, 4.69) is 20.3 Å². The van der Waals surface area contributed by atoms with E-state index in [1.165, 1.54) is 25.2 Å². The van der Waals surface area contributed by atoms with E-state index in [-0.39, 0.29) is 35.0 Å². The number of aliphatic carboxylic acids is 1. The zero-order chi connectivity index (χ0) is 40.9. The minimum atomic E-state index is -3.73. The van der Waals surface area contributed by atoms with Crippen molar-refractivity contribution >= 4 is 67.3 Å². The van der Waals surface area contributed by atoms with Gasteiger partial charge < -0.3 is 41.4 Å². The number of primary amides is 1. The summed E-state index contributed by atoms with van der Waals surface area (Å²) >= 11 is 0. The Bertz CT molecular complexity index is 2420. The van der Waals surface area contributed by atoms with Crippen molar-refractivity contribution < 1.29 is 42.1 Å². The smallest absolute Gasteiger partial charge is 0.324 e. The highest BCUT2D eigenvalue weighted by Crippen LogP contribution is 2.46. The molecule has 16 nitrogen and oxygen atoms in total. The fraction of sp³-hybridized carbons (Fsp3) is 0.231. The van der Waals surface area contributed by atoms with E-state index in [4.69, 9.17) is 30.8 Å². The van der Waals surface area contributed by atoms with Gasteiger partial charge in [-0.1, -0.05) is 45.0 Å². The monoisotopic (exact) mass is 785 g/mol. The molecule has 1 aromatic heterocycles. The lowest BCUT2D eigenvalue weighted by atomic mass is 9.86. The van der Waals surface area contributed by atoms with Crippen molar-refractivity contribution in [1.82, 2.24) is 10.3 Å². The molecule has 0 aliphatic carbocycles. The van der Waals surface area contributed by atoms with Crippen LogP contribution in [-0.4, -0.2) is 69.5 Å². The van der Waals surface area contributed by atoms with Crippen molar-refractivity contribution in [2.45, 2.75) is 32.2 Å². The summed E-state index contributed by atoms with van der Waals surface area (Å²) in [6.07, 6.45) is 2.57. The Kier molecular flexibility index (Phi) is 11.9. The number of rotatable bonds is 14. The quantitative estimate of drug-likeness (QED) is 0.0782. The van der Waals surface area contributed by atoms with Gasteiger partial charge in [-0.3, -0.25) is 19.2 Å². The molecule has 0 radical (unpaired) electrons. The molecule has 0 bridgehead atoms. The van der Waals surface area contributed by atoms with Crippen LogP contribution in [0.15, 0.2) is 85.1 Å². The van der Waals surface area contributed by atoms with Crippen LogP contribution in [-0.2, 0) is 20.2 Å². The van der Waals surface area contributed by atoms with Crippen LogP contribution in [0.1, 0.15) is 36.7 Å². The fourth-order valence-electron chi connectivity index (χ4n) is 5.77. The van der Waals surface area contributed by atoms with Gasteiger partial charge in [0.25, 0.3) is 5.91 Å². The number of anilines is 5. The molecule has 1 atom stereocenters. The van der Waals surface area contributed by atoms with Crippen molar-refractivity contribution in [3.05, 3.63) is 96.2 Å². The van der Waals surface area contributed by atoms with Gasteiger partial charge >= 0.3 is 12.0 Å². The first kappa shape index (κ1) is 40.6. The van der Waals surface area contributed by atoms with Gasteiger partial charge in [0.05, 0.1) is 43.1 Å². The Balaban J connectivity index is 1.48. The summed E-state index contributed by atoms with van der Waals surface area (Å²) in [5.41, 5.74) is 13.3. The number of carboxylic acid groups (broad SMARTS) is 1. The molecule has 0 saturated heterocycles. The van der Waals surface area contributed by atoms with Crippen molar-refractivity contribution in [3.63, 3.8) is 0 Å². The van der Waals surface area contributed by atoms with Gasteiger partial charge in [0, 0.05) is 41.3 Å². The molecular formula is C39H43N7O9S. The molecule has 0 unspecified atom stereocenters. The molecular weight excluding hydrogens is 743 g/mol. The van der Waals surface area contributed by atoms with Crippen molar-refractivity contribution in [2.24, 2.45) is 11.5 Å². The van der Waals surface area contributed by atoms with Crippen LogP contribution >= 0.6 is 0 Å². The highest BCUT2D eigenvalue weighted by Gasteiger charge is 2.28. The number of hydrogen-bond donors (Lipinski definition) is 6. The Labute approximate surface area is 323 Å². The number of fused-ring (bicyclic) bond motifs is 1. The third-order valence-electron chi connectivity index (χ3n) is 8.48. The lowest BCUT2D eigenvalue weighted by Crippen LogP contribution is -2.42. The molecule has 3 amide bonds. The van der Waals surface area contributed by atoms with E-state index in [1.807, 2.05) is 32.9 Å². The number of carbonyl (C=O) groups is 3. The maximum absolute atomic E-state index is 13.4. The first-order chi connectivity index (χ1) is 26.4. The molecule has 8 N–H and O–H groups in total. The maximum atomic E-state index is 13.4. The fourth-order valence-corrected chi connectivity index (χ4v) is 6.32. The Hall–Kier alpha value is -6.59. The van der Waals surface area contributed by atoms with Crippen LogP contribution in [0.5, 0.6) is 23.0 Å². The Morgan fingerprint density at radius 3 is 2.25 bits per heavy atom. The van der Waals surface area contributed by atoms with E-state index in [0.717, 1.165) is 11.8 Å². The largest absolute Gasteiger partial charge is 0.496 e. The van der Waals surface area contributed by atoms with Gasteiger partial charge in [-0.2, -0.15) is 0 Å². The standard InChI is InChI=1S/C39H43N7O9S/c1-39(2,3)22-17-29(45-56(6,51)52)35(54-5)31(18-22)46(38(41)50)30-13-14-32(26-10-8-7-9-25(26)30)55-24-15-16-42-34(20-24)44-23-11-12-27(33(19-23)53-4)36(47)43-21-28(40)37(48)49/h7-20,28,45H,21,40H2,1-6H3,(H2,41,50)(H,42,44)(H,43,47)(H,48,49)/t28-/m1/s1. The number of ether oxygens (including phenoxy) is 3. The van der Waals surface area contributed by atoms with Crippen molar-refractivity contribution in [1.29, 1.82) is 0 Å². The van der Waals surface area contributed by atoms with E-state index in [0.29, 0.717) is 39.5 Å². The number of amides is 3. The second-order valence-electron chi connectivity index (χ2n) is 13.7. The van der Waals surface area contributed by atoms with Gasteiger partial charge in [0.1, 0.15) is 29.1 Å². The third-order valence-corrected chi connectivity index (χ3v) is 9.07. The lowest BCUT2D eigenvalue weighted by molar-refractivity contribution is -0.138. The summed E-state index contributed by atoms with van der Waals surface area (Å²) in [5, 5.41) is 15.9. The van der Waals surface area contributed by atoms with E-state index in [9.17, 15) is 22.8 Å². The van der Waals surface area contributed by atoms with Crippen LogP contribution in [0.2, 0.25) is 0 Å². The number of pyridine rings is 1. The van der Waals surface area contributed by atoms with Crippen LogP contribution < -0.4 is 45.9 Å². The SMILES string of the molecule is COc1cc(Nc2cc(Oc3ccc(N(C(N)=O)c4cc(C(C)(C)C)cc(NS(C)(=O)=O)c4OC)c4ccccc34)ccn2)ccc1C(=O)NC[C@@H](N)C(=O)O. The highest BCUT2D eigenvalue weighted by molar-refractivity contribution is 7.92. The molecule has 1 heterocycles. The molecule has 0 aliphatic rings. The van der Waals surface area contributed by atoms with Crippen molar-refractivity contribution in [3.8, 4) is 23.0 Å². The maximum Gasteiger partial charge on any atom is 0.324 e. The minimum Gasteiger partial charge on any atom is -0.496 e. The molecule has 56 heavy (non-hydrogen) atoms. The number of nitrogens with one attached hydrogen (secondary N) is 3. The summed E-state index contributed by atoms with van der Waals surface area (Å²) in [6, 6.07) is 20.0. The predicted molar refractivity (Wildman–Crippen MR) is 214 cm³/mol.